The number of nitro groups is 1. The lowest BCUT2D eigenvalue weighted by Crippen LogP contribution is -2.47. The highest BCUT2D eigenvalue weighted by molar-refractivity contribution is 6.05. The van der Waals surface area contributed by atoms with E-state index in [4.69, 9.17) is 4.42 Å². The summed E-state index contributed by atoms with van der Waals surface area (Å²) in [6.07, 6.45) is 2.56. The molecule has 29 heavy (non-hydrogen) atoms. The Morgan fingerprint density at radius 3 is 2.31 bits per heavy atom. The summed E-state index contributed by atoms with van der Waals surface area (Å²) in [5.41, 5.74) is 0.00240. The molecule has 2 amide bonds. The number of rotatable bonds is 8. The van der Waals surface area contributed by atoms with Gasteiger partial charge in [0.1, 0.15) is 11.7 Å². The fourth-order valence-electron chi connectivity index (χ4n) is 2.34. The second-order valence-corrected chi connectivity index (χ2v) is 6.37. The van der Waals surface area contributed by atoms with Crippen LogP contribution in [0.15, 0.2) is 52.8 Å². The molecule has 0 aliphatic carbocycles. The lowest BCUT2D eigenvalue weighted by molar-refractivity contribution is -0.384. The van der Waals surface area contributed by atoms with Crippen LogP contribution in [0, 0.1) is 16.0 Å². The van der Waals surface area contributed by atoms with E-state index in [1.807, 2.05) is 0 Å². The first-order chi connectivity index (χ1) is 13.7. The van der Waals surface area contributed by atoms with Crippen molar-refractivity contribution < 1.29 is 28.8 Å². The minimum Gasteiger partial charge on any atom is -0.480 e. The van der Waals surface area contributed by atoms with Crippen molar-refractivity contribution in [3.8, 4) is 0 Å². The molecule has 1 aromatic carbocycles. The van der Waals surface area contributed by atoms with Crippen molar-refractivity contribution in [2.24, 2.45) is 5.92 Å². The van der Waals surface area contributed by atoms with E-state index >= 15 is 0 Å². The molecule has 0 saturated carbocycles. The fourth-order valence-corrected chi connectivity index (χ4v) is 2.34. The highest BCUT2D eigenvalue weighted by atomic mass is 16.6. The molecule has 2 rings (SSSR count). The van der Waals surface area contributed by atoms with Crippen molar-refractivity contribution in [2.45, 2.75) is 19.9 Å². The number of carbonyl (C=O) groups is 3. The van der Waals surface area contributed by atoms with Crippen LogP contribution in [0.1, 0.15) is 30.0 Å². The third kappa shape index (κ3) is 5.76. The Hall–Kier alpha value is -3.95. The maximum atomic E-state index is 12.7. The average Bonchev–Trinajstić information content (AvgIpc) is 3.20. The van der Waals surface area contributed by atoms with E-state index in [0.717, 1.165) is 0 Å². The Morgan fingerprint density at radius 2 is 1.83 bits per heavy atom. The summed E-state index contributed by atoms with van der Waals surface area (Å²) < 4.78 is 4.99. The van der Waals surface area contributed by atoms with Gasteiger partial charge < -0.3 is 20.2 Å². The van der Waals surface area contributed by atoms with Gasteiger partial charge >= 0.3 is 5.97 Å². The summed E-state index contributed by atoms with van der Waals surface area (Å²) in [7, 11) is 0. The van der Waals surface area contributed by atoms with Gasteiger partial charge in [-0.15, -0.1) is 0 Å². The molecule has 152 valence electrons. The molecule has 0 bridgehead atoms. The lowest BCUT2D eigenvalue weighted by Gasteiger charge is -2.19. The van der Waals surface area contributed by atoms with E-state index in [1.165, 1.54) is 48.7 Å². The largest absolute Gasteiger partial charge is 0.480 e. The molecule has 1 aromatic heterocycles. The molecule has 0 spiro atoms. The number of hydrogen-bond donors (Lipinski definition) is 3. The molecule has 3 N–H and O–H groups in total. The summed E-state index contributed by atoms with van der Waals surface area (Å²) in [4.78, 5) is 46.5. The quantitative estimate of drug-likeness (QED) is 0.348. The third-order valence-corrected chi connectivity index (χ3v) is 3.87. The zero-order valence-electron chi connectivity index (χ0n) is 15.6. The van der Waals surface area contributed by atoms with E-state index < -0.39 is 34.7 Å². The van der Waals surface area contributed by atoms with E-state index in [1.54, 1.807) is 13.8 Å². The summed E-state index contributed by atoms with van der Waals surface area (Å²) in [5.74, 6) is -3.22. The van der Waals surface area contributed by atoms with E-state index in [9.17, 15) is 29.6 Å². The number of nitrogens with zero attached hydrogens (tertiary/aromatic N) is 1. The second-order valence-electron chi connectivity index (χ2n) is 6.37. The lowest BCUT2D eigenvalue weighted by atomic mass is 10.0. The van der Waals surface area contributed by atoms with Crippen LogP contribution in [0.2, 0.25) is 0 Å². The molecular formula is C19H19N3O7. The van der Waals surface area contributed by atoms with Gasteiger partial charge in [0.25, 0.3) is 17.5 Å². The SMILES string of the molecule is CC(C)[C@H](NC(=O)/C(=C/c1ccc([N+](=O)[O-])cc1)NC(=O)c1ccco1)C(=O)O. The number of furan rings is 1. The highest BCUT2D eigenvalue weighted by Crippen LogP contribution is 2.15. The van der Waals surface area contributed by atoms with Crippen molar-refractivity contribution in [3.05, 3.63) is 69.8 Å². The molecule has 0 fully saturated rings. The molecule has 10 nitrogen and oxygen atoms in total. The summed E-state index contributed by atoms with van der Waals surface area (Å²) in [5, 5.41) is 24.8. The van der Waals surface area contributed by atoms with Gasteiger partial charge in [-0.05, 0) is 41.8 Å². The molecule has 0 saturated heterocycles. The molecule has 10 heteroatoms. The smallest absolute Gasteiger partial charge is 0.326 e. The Labute approximate surface area is 165 Å². The monoisotopic (exact) mass is 401 g/mol. The number of amides is 2. The molecule has 0 aliphatic heterocycles. The predicted molar refractivity (Wildman–Crippen MR) is 102 cm³/mol. The number of carbonyl (C=O) groups excluding carboxylic acids is 2. The van der Waals surface area contributed by atoms with Gasteiger partial charge in [-0.25, -0.2) is 4.79 Å². The molecule has 2 aromatic rings. The Bertz CT molecular complexity index is 931. The first-order valence-corrected chi connectivity index (χ1v) is 8.53. The second kappa shape index (κ2) is 9.31. The minimum absolute atomic E-state index is 0.0500. The van der Waals surface area contributed by atoms with Crippen LogP contribution >= 0.6 is 0 Å². The summed E-state index contributed by atoms with van der Waals surface area (Å²) in [6, 6.07) is 6.97. The van der Waals surface area contributed by atoms with Crippen LogP contribution in [0.25, 0.3) is 6.08 Å². The maximum Gasteiger partial charge on any atom is 0.326 e. The zero-order valence-corrected chi connectivity index (χ0v) is 15.6. The van der Waals surface area contributed by atoms with Gasteiger partial charge in [0, 0.05) is 12.1 Å². The number of carboxylic acid groups (broad SMARTS) is 1. The average molecular weight is 401 g/mol. The van der Waals surface area contributed by atoms with Crippen molar-refractivity contribution in [2.75, 3.05) is 0 Å². The maximum absolute atomic E-state index is 12.7. The fraction of sp³-hybridized carbons (Fsp3) is 0.211. The van der Waals surface area contributed by atoms with E-state index in [-0.39, 0.29) is 17.1 Å². The van der Waals surface area contributed by atoms with Gasteiger partial charge in [-0.2, -0.15) is 0 Å². The standard InChI is InChI=1S/C19H19N3O7/c1-11(2)16(19(25)26)21-17(23)14(20-18(24)15-4-3-9-29-15)10-12-5-7-13(8-6-12)22(27)28/h3-11,16H,1-2H3,(H,20,24)(H,21,23)(H,25,26)/b14-10-/t16-/m0/s1. The number of aliphatic carboxylic acids is 1. The van der Waals surface area contributed by atoms with E-state index in [2.05, 4.69) is 10.6 Å². The molecule has 0 aliphatic rings. The number of carboxylic acids is 1. The van der Waals surface area contributed by atoms with Gasteiger partial charge in [-0.1, -0.05) is 13.8 Å². The molecule has 0 radical (unpaired) electrons. The molecule has 1 atom stereocenters. The number of nitro benzene ring substituents is 1. The number of hydrogen-bond acceptors (Lipinski definition) is 6. The van der Waals surface area contributed by atoms with Crippen molar-refractivity contribution in [1.29, 1.82) is 0 Å². The van der Waals surface area contributed by atoms with Gasteiger partial charge in [0.2, 0.25) is 0 Å². The van der Waals surface area contributed by atoms with Crippen LogP contribution in [0.5, 0.6) is 0 Å². The first-order valence-electron chi connectivity index (χ1n) is 8.53. The van der Waals surface area contributed by atoms with Crippen molar-refractivity contribution in [3.63, 3.8) is 0 Å². The van der Waals surface area contributed by atoms with Gasteiger partial charge in [-0.3, -0.25) is 19.7 Å². The highest BCUT2D eigenvalue weighted by Gasteiger charge is 2.26. The van der Waals surface area contributed by atoms with Crippen LogP contribution in [-0.2, 0) is 9.59 Å². The Balaban J connectivity index is 2.33. The number of nitrogens with one attached hydrogen (secondary N) is 2. The Morgan fingerprint density at radius 1 is 1.17 bits per heavy atom. The zero-order chi connectivity index (χ0) is 21.6. The normalized spacial score (nSPS) is 12.3. The topological polar surface area (TPSA) is 152 Å². The van der Waals surface area contributed by atoms with Crippen LogP contribution in [0.4, 0.5) is 5.69 Å². The van der Waals surface area contributed by atoms with Crippen LogP contribution < -0.4 is 10.6 Å². The number of benzene rings is 1. The van der Waals surface area contributed by atoms with Crippen molar-refractivity contribution >= 4 is 29.5 Å². The van der Waals surface area contributed by atoms with Crippen LogP contribution in [-0.4, -0.2) is 33.9 Å². The van der Waals surface area contributed by atoms with Gasteiger partial charge in [0.05, 0.1) is 11.2 Å². The summed E-state index contributed by atoms with van der Waals surface area (Å²) in [6.45, 7) is 3.25. The van der Waals surface area contributed by atoms with Gasteiger partial charge in [0.15, 0.2) is 5.76 Å². The van der Waals surface area contributed by atoms with E-state index in [0.29, 0.717) is 5.56 Å². The minimum atomic E-state index is -1.22. The molecular weight excluding hydrogens is 382 g/mol. The Kier molecular flexibility index (Phi) is 6.85. The van der Waals surface area contributed by atoms with Crippen molar-refractivity contribution in [1.82, 2.24) is 10.6 Å². The summed E-state index contributed by atoms with van der Waals surface area (Å²) >= 11 is 0. The third-order valence-electron chi connectivity index (χ3n) is 3.87. The number of non-ortho nitro benzene ring substituents is 1. The predicted octanol–water partition coefficient (Wildman–Crippen LogP) is 2.18. The molecule has 1 heterocycles. The van der Waals surface area contributed by atoms with Crippen LogP contribution in [0.3, 0.4) is 0 Å². The first kappa shape index (κ1) is 21.4. The molecule has 0 unspecified atom stereocenters.